The third-order valence-electron chi connectivity index (χ3n) is 7.02. The number of hydrogen-bond acceptors (Lipinski definition) is 9. The zero-order valence-electron chi connectivity index (χ0n) is 17.7. The smallest absolute Gasteiger partial charge is 0.255 e. The van der Waals surface area contributed by atoms with E-state index in [0.29, 0.717) is 0 Å². The van der Waals surface area contributed by atoms with Crippen LogP contribution in [0, 0.1) is 11.8 Å². The van der Waals surface area contributed by atoms with Gasteiger partial charge in [0.2, 0.25) is 5.78 Å². The van der Waals surface area contributed by atoms with Gasteiger partial charge in [0, 0.05) is 17.4 Å². The Hall–Kier alpha value is -3.21. The fourth-order valence-electron chi connectivity index (χ4n) is 5.50. The van der Waals surface area contributed by atoms with E-state index >= 15 is 0 Å². The van der Waals surface area contributed by atoms with Crippen molar-refractivity contribution in [1.82, 2.24) is 4.90 Å². The molecule has 0 aliphatic heterocycles. The van der Waals surface area contributed by atoms with E-state index < -0.39 is 75.0 Å². The van der Waals surface area contributed by atoms with E-state index in [1.54, 1.807) is 0 Å². The lowest BCUT2D eigenvalue weighted by molar-refractivity contribution is -0.159. The molecule has 170 valence electrons. The number of benzene rings is 1. The minimum absolute atomic E-state index is 0.170. The zero-order valence-corrected chi connectivity index (χ0v) is 17.7. The number of carbonyl (C=O) groups excluding carboxylic acids is 3. The minimum atomic E-state index is -2.75. The molecule has 32 heavy (non-hydrogen) atoms. The van der Waals surface area contributed by atoms with Crippen LogP contribution in [0.4, 0.5) is 0 Å². The van der Waals surface area contributed by atoms with Crippen molar-refractivity contribution < 1.29 is 39.9 Å². The van der Waals surface area contributed by atoms with Gasteiger partial charge in [-0.15, -0.1) is 0 Å². The Morgan fingerprint density at radius 2 is 1.78 bits per heavy atom. The van der Waals surface area contributed by atoms with Crippen LogP contribution in [0.1, 0.15) is 24.5 Å². The van der Waals surface area contributed by atoms with Gasteiger partial charge in [-0.05, 0) is 39.1 Å². The summed E-state index contributed by atoms with van der Waals surface area (Å²) >= 11 is 0. The molecule has 4 rings (SSSR count). The molecule has 1 fully saturated rings. The molecule has 3 aliphatic rings. The third-order valence-corrected chi connectivity index (χ3v) is 7.02. The number of aliphatic hydroxyl groups is 4. The fraction of sp³-hybridized carbons (Fsp3) is 0.409. The first-order chi connectivity index (χ1) is 14.8. The second-order valence-corrected chi connectivity index (χ2v) is 8.96. The number of nitrogens with zero attached hydrogens (tertiary/aromatic N) is 1. The molecule has 3 unspecified atom stereocenters. The van der Waals surface area contributed by atoms with Gasteiger partial charge >= 0.3 is 0 Å². The van der Waals surface area contributed by atoms with Crippen LogP contribution in [0.5, 0.6) is 5.75 Å². The lowest BCUT2D eigenvalue weighted by Crippen LogP contribution is -2.67. The first-order valence-corrected chi connectivity index (χ1v) is 9.97. The average Bonchev–Trinajstić information content (AvgIpc) is 2.68. The molecule has 10 nitrogen and oxygen atoms in total. The predicted octanol–water partition coefficient (Wildman–Crippen LogP) is -0.371. The van der Waals surface area contributed by atoms with Crippen molar-refractivity contribution >= 4 is 23.2 Å². The largest absolute Gasteiger partial charge is 0.508 e. The second kappa shape index (κ2) is 6.64. The van der Waals surface area contributed by atoms with E-state index in [-0.39, 0.29) is 17.5 Å². The van der Waals surface area contributed by atoms with Crippen molar-refractivity contribution in [2.45, 2.75) is 30.6 Å². The molecule has 1 saturated carbocycles. The second-order valence-electron chi connectivity index (χ2n) is 8.96. The van der Waals surface area contributed by atoms with Crippen molar-refractivity contribution in [1.29, 1.82) is 0 Å². The van der Waals surface area contributed by atoms with Crippen LogP contribution in [0.2, 0.25) is 0 Å². The van der Waals surface area contributed by atoms with Crippen LogP contribution < -0.4 is 5.73 Å². The number of phenolic OH excluding ortho intramolecular Hbond substituents is 1. The van der Waals surface area contributed by atoms with Gasteiger partial charge in [0.25, 0.3) is 5.91 Å². The highest BCUT2D eigenvalue weighted by Gasteiger charge is 2.66. The summed E-state index contributed by atoms with van der Waals surface area (Å²) in [6.07, 6.45) is -0.200. The molecule has 0 aromatic heterocycles. The molecular formula is C22H24N2O8. The number of primary amides is 1. The van der Waals surface area contributed by atoms with Gasteiger partial charge in [-0.2, -0.15) is 0 Å². The van der Waals surface area contributed by atoms with Gasteiger partial charge < -0.3 is 31.3 Å². The van der Waals surface area contributed by atoms with Gasteiger partial charge in [-0.1, -0.05) is 12.1 Å². The number of aliphatic hydroxyl groups excluding tert-OH is 2. The molecule has 1 aromatic carbocycles. The number of carbonyl (C=O) groups is 3. The predicted molar refractivity (Wildman–Crippen MR) is 110 cm³/mol. The highest BCUT2D eigenvalue weighted by atomic mass is 16.3. The van der Waals surface area contributed by atoms with Gasteiger partial charge in [0.1, 0.15) is 22.8 Å². The van der Waals surface area contributed by atoms with E-state index in [0.717, 1.165) is 0 Å². The molecule has 0 saturated heterocycles. The number of ketones is 2. The molecule has 0 radical (unpaired) electrons. The van der Waals surface area contributed by atoms with Gasteiger partial charge in [0.05, 0.1) is 17.2 Å². The molecule has 0 bridgehead atoms. The molecule has 1 aromatic rings. The number of aromatic hydroxyl groups is 1. The SMILES string of the molecule is CN(C)[C@@H]1C(=O)C(C(N)=O)=C(O)C2(O)C(=O)C3=C(O)c4c(O)cccc4[C@@](C)(O)C3CC12. The monoisotopic (exact) mass is 444 g/mol. The highest BCUT2D eigenvalue weighted by molar-refractivity contribution is 6.24. The Kier molecular flexibility index (Phi) is 4.57. The summed E-state index contributed by atoms with van der Waals surface area (Å²) in [6.45, 7) is 1.40. The first-order valence-electron chi connectivity index (χ1n) is 9.97. The standard InChI is InChI=1S/C22H24N2O8/c1-21(31)8-5-4-6-11(25)12(8)16(26)13-9(21)7-10-15(24(2)3)17(27)14(20(23)30)19(29)22(10,32)18(13)28/h4-6,9-10,15,25-26,29,31-32H,7H2,1-3H3,(H2,23,30)/t9?,10?,15-,21+,22?/m0/s1. The summed E-state index contributed by atoms with van der Waals surface area (Å²) in [7, 11) is 3.01. The Balaban J connectivity index is 2.05. The van der Waals surface area contributed by atoms with Crippen molar-refractivity contribution in [3.05, 3.63) is 46.2 Å². The molecular weight excluding hydrogens is 420 g/mol. The lowest BCUT2D eigenvalue weighted by Gasteiger charge is -2.53. The van der Waals surface area contributed by atoms with E-state index in [4.69, 9.17) is 5.73 Å². The van der Waals surface area contributed by atoms with Crippen LogP contribution in [0.15, 0.2) is 35.1 Å². The van der Waals surface area contributed by atoms with E-state index in [1.165, 1.54) is 44.1 Å². The molecule has 1 amide bonds. The maximum Gasteiger partial charge on any atom is 0.255 e. The Labute approximate surface area is 182 Å². The number of rotatable bonds is 2. The maximum atomic E-state index is 13.7. The zero-order chi connectivity index (χ0) is 23.9. The molecule has 0 spiro atoms. The molecule has 10 heteroatoms. The Morgan fingerprint density at radius 1 is 1.16 bits per heavy atom. The van der Waals surface area contributed by atoms with Crippen molar-refractivity contribution in [2.75, 3.05) is 14.1 Å². The molecule has 0 heterocycles. The van der Waals surface area contributed by atoms with Crippen LogP contribution in [0.25, 0.3) is 5.76 Å². The van der Waals surface area contributed by atoms with Gasteiger partial charge in [-0.3, -0.25) is 19.3 Å². The van der Waals surface area contributed by atoms with E-state index in [9.17, 15) is 39.9 Å². The minimum Gasteiger partial charge on any atom is -0.508 e. The highest BCUT2D eigenvalue weighted by Crippen LogP contribution is 2.57. The first kappa shape index (κ1) is 22.0. The normalized spacial score (nSPS) is 34.4. The molecule has 5 atom stereocenters. The van der Waals surface area contributed by atoms with Crippen LogP contribution in [0.3, 0.4) is 0 Å². The summed E-state index contributed by atoms with van der Waals surface area (Å²) < 4.78 is 0. The van der Waals surface area contributed by atoms with Crippen LogP contribution in [-0.4, -0.2) is 73.6 Å². The van der Waals surface area contributed by atoms with E-state index in [1.807, 2.05) is 0 Å². The maximum absolute atomic E-state index is 13.7. The van der Waals surface area contributed by atoms with Crippen molar-refractivity contribution in [3.8, 4) is 5.75 Å². The van der Waals surface area contributed by atoms with Crippen LogP contribution in [-0.2, 0) is 20.0 Å². The number of amides is 1. The number of fused-ring (bicyclic) bond motifs is 3. The Bertz CT molecular complexity index is 1150. The number of hydrogen-bond donors (Lipinski definition) is 6. The quantitative estimate of drug-likeness (QED) is 0.332. The molecule has 3 aliphatic carbocycles. The third kappa shape index (κ3) is 2.48. The number of likely N-dealkylation sites (N-methyl/N-ethyl adjacent to an activating group) is 1. The fourth-order valence-corrected chi connectivity index (χ4v) is 5.50. The van der Waals surface area contributed by atoms with E-state index in [2.05, 4.69) is 0 Å². The van der Waals surface area contributed by atoms with Crippen molar-refractivity contribution in [2.24, 2.45) is 17.6 Å². The number of nitrogens with two attached hydrogens (primary N) is 1. The Morgan fingerprint density at radius 3 is 2.34 bits per heavy atom. The topological polar surface area (TPSA) is 182 Å². The van der Waals surface area contributed by atoms with Crippen LogP contribution >= 0.6 is 0 Å². The van der Waals surface area contributed by atoms with Crippen molar-refractivity contribution in [3.63, 3.8) is 0 Å². The average molecular weight is 444 g/mol. The summed E-state index contributed by atoms with van der Waals surface area (Å²) in [6, 6.07) is 3.02. The number of phenols is 1. The summed E-state index contributed by atoms with van der Waals surface area (Å²) in [5, 5.41) is 54.9. The summed E-state index contributed by atoms with van der Waals surface area (Å²) in [5.74, 6) is -7.90. The van der Waals surface area contributed by atoms with Gasteiger partial charge in [0.15, 0.2) is 11.4 Å². The molecule has 7 N–H and O–H groups in total. The lowest BCUT2D eigenvalue weighted by atomic mass is 9.54. The summed E-state index contributed by atoms with van der Waals surface area (Å²) in [5.41, 5.74) is -0.548. The summed E-state index contributed by atoms with van der Waals surface area (Å²) in [4.78, 5) is 40.0. The number of Topliss-reactive ketones (excluding diaryl/α,β-unsaturated/α-hetero) is 2. The van der Waals surface area contributed by atoms with Gasteiger partial charge in [-0.25, -0.2) is 0 Å².